The van der Waals surface area contributed by atoms with Crippen LogP contribution in [0, 0.1) is 0 Å². The highest BCUT2D eigenvalue weighted by atomic mass is 32.1. The fourth-order valence-electron chi connectivity index (χ4n) is 0.860. The molecule has 68 valence electrons. The summed E-state index contributed by atoms with van der Waals surface area (Å²) >= 11 is 0. The molecule has 0 aliphatic carbocycles. The predicted octanol–water partition coefficient (Wildman–Crippen LogP) is 0.260. The molecular weight excluding hydrogens is 176 g/mol. The van der Waals surface area contributed by atoms with Crippen molar-refractivity contribution in [1.82, 2.24) is 0 Å². The number of carbonyl (C=O) groups is 1. The quantitative estimate of drug-likeness (QED) is 0.667. The highest BCUT2D eigenvalue weighted by molar-refractivity contribution is 7.59. The van der Waals surface area contributed by atoms with Crippen molar-refractivity contribution in [2.24, 2.45) is 10.7 Å². The lowest BCUT2D eigenvalue weighted by molar-refractivity contribution is -0.138. The van der Waals surface area contributed by atoms with Crippen LogP contribution in [0.15, 0.2) is 16.8 Å². The van der Waals surface area contributed by atoms with Crippen molar-refractivity contribution in [3.05, 3.63) is 11.8 Å². The molecule has 0 radical (unpaired) electrons. The van der Waals surface area contributed by atoms with Crippen LogP contribution in [0.4, 0.5) is 0 Å². The van der Waals surface area contributed by atoms with Gasteiger partial charge in [-0.25, -0.2) is 0 Å². The maximum absolute atomic E-state index is 10.3. The zero-order chi connectivity index (χ0) is 8.27. The molecule has 1 aliphatic heterocycles. The highest BCUT2D eigenvalue weighted by Crippen LogP contribution is 2.10. The number of nitrogens with zero attached hydrogens (tertiary/aromatic N) is 1. The maximum Gasteiger partial charge on any atom is 0.320 e. The zero-order valence-corrected chi connectivity index (χ0v) is 7.53. The molecule has 4 nitrogen and oxygen atoms in total. The first kappa shape index (κ1) is 11.2. The number of carboxylic acids is 1. The number of allylic oxidation sites excluding steroid dienone is 1. The molecule has 5 heteroatoms. The second-order valence-corrected chi connectivity index (χ2v) is 2.39. The lowest BCUT2D eigenvalue weighted by Crippen LogP contribution is -2.30. The molecule has 1 rings (SSSR count). The first-order valence-electron chi connectivity index (χ1n) is 3.40. The molecule has 0 spiro atoms. The van der Waals surface area contributed by atoms with Crippen LogP contribution in [0.3, 0.4) is 0 Å². The molecule has 0 aromatic heterocycles. The Morgan fingerprint density at radius 1 is 1.83 bits per heavy atom. The molecule has 12 heavy (non-hydrogen) atoms. The molecule has 0 amide bonds. The first-order valence-corrected chi connectivity index (χ1v) is 3.40. The standard InChI is InChI=1S/C7H10N2O2.H2S/c8-6(7(10)11)4-5-2-1-3-9-5;/h2-3,6H,1,4,8H2,(H,10,11);1H2. The van der Waals surface area contributed by atoms with Crippen molar-refractivity contribution in [3.63, 3.8) is 0 Å². The van der Waals surface area contributed by atoms with E-state index in [0.717, 1.165) is 12.1 Å². The number of nitrogens with two attached hydrogens (primary N) is 1. The fraction of sp³-hybridized carbons (Fsp3) is 0.429. The summed E-state index contributed by atoms with van der Waals surface area (Å²) in [5.74, 6) is -0.979. The van der Waals surface area contributed by atoms with Gasteiger partial charge in [-0.1, -0.05) is 6.08 Å². The molecule has 0 bridgehead atoms. The van der Waals surface area contributed by atoms with Crippen molar-refractivity contribution in [2.45, 2.75) is 18.9 Å². The van der Waals surface area contributed by atoms with E-state index in [0.29, 0.717) is 6.42 Å². The molecular formula is C7H12N2O2S. The number of hydrogen-bond donors (Lipinski definition) is 2. The minimum absolute atomic E-state index is 0. The minimum Gasteiger partial charge on any atom is -0.480 e. The van der Waals surface area contributed by atoms with Gasteiger partial charge in [0.25, 0.3) is 0 Å². The van der Waals surface area contributed by atoms with Crippen molar-refractivity contribution in [2.75, 3.05) is 0 Å². The minimum atomic E-state index is -0.979. The number of aliphatic imine (C=N–C) groups is 1. The molecule has 1 aliphatic rings. The van der Waals surface area contributed by atoms with Gasteiger partial charge < -0.3 is 10.8 Å². The third-order valence-corrected chi connectivity index (χ3v) is 1.46. The number of rotatable bonds is 3. The second kappa shape index (κ2) is 4.95. The van der Waals surface area contributed by atoms with Gasteiger partial charge >= 0.3 is 5.97 Å². The Labute approximate surface area is 77.6 Å². The van der Waals surface area contributed by atoms with E-state index in [9.17, 15) is 4.79 Å². The Morgan fingerprint density at radius 2 is 2.50 bits per heavy atom. The molecule has 1 heterocycles. The monoisotopic (exact) mass is 188 g/mol. The Hall–Kier alpha value is -0.810. The highest BCUT2D eigenvalue weighted by Gasteiger charge is 2.13. The average Bonchev–Trinajstić information content (AvgIpc) is 2.39. The van der Waals surface area contributed by atoms with Crippen LogP contribution in [-0.2, 0) is 4.79 Å². The van der Waals surface area contributed by atoms with Gasteiger partial charge in [-0.3, -0.25) is 9.79 Å². The second-order valence-electron chi connectivity index (χ2n) is 2.39. The Bertz CT molecular complexity index is 225. The predicted molar refractivity (Wildman–Crippen MR) is 51.8 cm³/mol. The van der Waals surface area contributed by atoms with Gasteiger partial charge in [0, 0.05) is 24.8 Å². The molecule has 3 N–H and O–H groups in total. The van der Waals surface area contributed by atoms with E-state index >= 15 is 0 Å². The van der Waals surface area contributed by atoms with E-state index in [4.69, 9.17) is 10.8 Å². The summed E-state index contributed by atoms with van der Waals surface area (Å²) in [4.78, 5) is 14.2. The third kappa shape index (κ3) is 3.06. The van der Waals surface area contributed by atoms with Crippen molar-refractivity contribution in [1.29, 1.82) is 0 Å². The van der Waals surface area contributed by atoms with E-state index < -0.39 is 12.0 Å². The fourth-order valence-corrected chi connectivity index (χ4v) is 0.860. The van der Waals surface area contributed by atoms with E-state index in [1.807, 2.05) is 6.08 Å². The van der Waals surface area contributed by atoms with E-state index in [1.165, 1.54) is 0 Å². The Morgan fingerprint density at radius 3 is 2.92 bits per heavy atom. The van der Waals surface area contributed by atoms with E-state index in [1.54, 1.807) is 6.21 Å². The summed E-state index contributed by atoms with van der Waals surface area (Å²) < 4.78 is 0. The summed E-state index contributed by atoms with van der Waals surface area (Å²) in [5, 5.41) is 8.44. The van der Waals surface area contributed by atoms with Gasteiger partial charge in [0.05, 0.1) is 0 Å². The van der Waals surface area contributed by atoms with Crippen LogP contribution in [0.1, 0.15) is 12.8 Å². The summed E-state index contributed by atoms with van der Waals surface area (Å²) in [6.07, 6.45) is 4.74. The average molecular weight is 188 g/mol. The van der Waals surface area contributed by atoms with Crippen molar-refractivity contribution in [3.8, 4) is 0 Å². The molecule has 0 aromatic rings. The lowest BCUT2D eigenvalue weighted by Gasteiger charge is -2.03. The topological polar surface area (TPSA) is 75.7 Å². The van der Waals surface area contributed by atoms with E-state index in [2.05, 4.69) is 4.99 Å². The van der Waals surface area contributed by atoms with E-state index in [-0.39, 0.29) is 13.5 Å². The molecule has 1 unspecified atom stereocenters. The SMILES string of the molecule is NC(CC1=CCC=N1)C(=O)O.S. The van der Waals surface area contributed by atoms with Crippen LogP contribution in [0.2, 0.25) is 0 Å². The van der Waals surface area contributed by atoms with Gasteiger partial charge in [-0.2, -0.15) is 13.5 Å². The van der Waals surface area contributed by atoms with Crippen LogP contribution in [0.25, 0.3) is 0 Å². The molecule has 0 fully saturated rings. The molecule has 0 saturated heterocycles. The zero-order valence-electron chi connectivity index (χ0n) is 6.53. The van der Waals surface area contributed by atoms with Crippen LogP contribution < -0.4 is 5.73 Å². The van der Waals surface area contributed by atoms with Gasteiger partial charge in [-0.15, -0.1) is 0 Å². The van der Waals surface area contributed by atoms with Crippen LogP contribution >= 0.6 is 13.5 Å². The summed E-state index contributed by atoms with van der Waals surface area (Å²) in [7, 11) is 0. The van der Waals surface area contributed by atoms with Gasteiger partial charge in [-0.05, 0) is 0 Å². The number of hydrogen-bond acceptors (Lipinski definition) is 3. The van der Waals surface area contributed by atoms with Gasteiger partial charge in [0.15, 0.2) is 0 Å². The molecule has 0 aromatic carbocycles. The summed E-state index contributed by atoms with van der Waals surface area (Å²) in [5.41, 5.74) is 6.06. The van der Waals surface area contributed by atoms with Gasteiger partial charge in [0.1, 0.15) is 6.04 Å². The smallest absolute Gasteiger partial charge is 0.320 e. The van der Waals surface area contributed by atoms with Crippen molar-refractivity contribution < 1.29 is 9.90 Å². The normalized spacial score (nSPS) is 16.6. The van der Waals surface area contributed by atoms with Crippen molar-refractivity contribution >= 4 is 25.7 Å². The van der Waals surface area contributed by atoms with Crippen LogP contribution in [-0.4, -0.2) is 23.3 Å². The summed E-state index contributed by atoms with van der Waals surface area (Å²) in [6, 6.07) is -0.823. The lowest BCUT2D eigenvalue weighted by atomic mass is 10.2. The first-order chi connectivity index (χ1) is 5.20. The molecule has 0 saturated carbocycles. The number of carboxylic acid groups (broad SMARTS) is 1. The third-order valence-electron chi connectivity index (χ3n) is 1.46. The largest absolute Gasteiger partial charge is 0.480 e. The maximum atomic E-state index is 10.3. The Balaban J connectivity index is 0.00000121. The Kier molecular flexibility index (Phi) is 4.61. The number of aliphatic carboxylic acids is 1. The van der Waals surface area contributed by atoms with Crippen LogP contribution in [0.5, 0.6) is 0 Å². The van der Waals surface area contributed by atoms with Gasteiger partial charge in [0.2, 0.25) is 0 Å². The molecule has 1 atom stereocenters. The summed E-state index contributed by atoms with van der Waals surface area (Å²) in [6.45, 7) is 0.